The lowest BCUT2D eigenvalue weighted by molar-refractivity contribution is -0.596. The summed E-state index contributed by atoms with van der Waals surface area (Å²) in [6.45, 7) is 4.25. The van der Waals surface area contributed by atoms with Gasteiger partial charge in [-0.2, -0.15) is 4.57 Å². The molecule has 0 radical (unpaired) electrons. The van der Waals surface area contributed by atoms with E-state index < -0.39 is 0 Å². The average Bonchev–Trinajstić information content (AvgIpc) is 3.01. The van der Waals surface area contributed by atoms with E-state index in [0.29, 0.717) is 10.0 Å². The van der Waals surface area contributed by atoms with Crippen LogP contribution in [-0.4, -0.2) is 9.97 Å². The molecule has 4 aromatic rings. The second-order valence-electron chi connectivity index (χ2n) is 6.16. The van der Waals surface area contributed by atoms with Crippen LogP contribution in [0.4, 0.5) is 0 Å². The van der Waals surface area contributed by atoms with Gasteiger partial charge in [0, 0.05) is 19.3 Å². The quantitative estimate of drug-likeness (QED) is 0.451. The summed E-state index contributed by atoms with van der Waals surface area (Å²) in [5, 5.41) is 1.23. The summed E-state index contributed by atoms with van der Waals surface area (Å²) >= 11 is 13.8. The lowest BCUT2D eigenvalue weighted by Gasteiger charge is -2.10. The molecule has 3 aromatic heterocycles. The maximum atomic E-state index is 6.04. The van der Waals surface area contributed by atoms with Gasteiger partial charge in [-0.25, -0.2) is 0 Å². The molecule has 4 rings (SSSR count). The van der Waals surface area contributed by atoms with Gasteiger partial charge >= 0.3 is 0 Å². The number of nitrogens with zero attached hydrogens (tertiary/aromatic N) is 3. The van der Waals surface area contributed by atoms with Crippen LogP contribution >= 0.6 is 34.5 Å². The second-order valence-corrected chi connectivity index (χ2v) is 8.09. The normalized spacial score (nSPS) is 10.6. The summed E-state index contributed by atoms with van der Waals surface area (Å²) in [6.07, 6.45) is 3.34. The number of hydrogen-bond donors (Lipinski definition) is 0. The Bertz CT molecular complexity index is 1040. The smallest absolute Gasteiger partial charge is 0.231 e. The van der Waals surface area contributed by atoms with Crippen molar-refractivity contribution in [3.63, 3.8) is 0 Å². The van der Waals surface area contributed by atoms with Crippen LogP contribution in [0.1, 0.15) is 10.6 Å². The SMILES string of the molecule is Cc1sc[n+](-c2c(-c3ccc(Cl)cn3)cccc2-c2ccc(Cl)cn2)c1C.[Cl-]. The molecule has 0 saturated heterocycles. The molecule has 0 aliphatic carbocycles. The number of benzene rings is 1. The van der Waals surface area contributed by atoms with Crippen LogP contribution in [0.25, 0.3) is 28.2 Å². The van der Waals surface area contributed by atoms with E-state index in [1.54, 1.807) is 23.7 Å². The Morgan fingerprint density at radius 3 is 1.75 bits per heavy atom. The van der Waals surface area contributed by atoms with Crippen LogP contribution in [0.2, 0.25) is 10.0 Å². The zero-order chi connectivity index (χ0) is 19.0. The van der Waals surface area contributed by atoms with Gasteiger partial charge < -0.3 is 12.4 Å². The third-order valence-corrected chi connectivity index (χ3v) is 5.90. The van der Waals surface area contributed by atoms with Crippen molar-refractivity contribution in [1.82, 2.24) is 9.97 Å². The highest BCUT2D eigenvalue weighted by Crippen LogP contribution is 2.32. The second kappa shape index (κ2) is 8.58. The lowest BCUT2D eigenvalue weighted by Crippen LogP contribution is -3.00. The fourth-order valence-corrected chi connectivity index (χ4v) is 3.99. The van der Waals surface area contributed by atoms with Gasteiger partial charge in [0.25, 0.3) is 0 Å². The van der Waals surface area contributed by atoms with Crippen molar-refractivity contribution in [3.05, 3.63) is 81.0 Å². The van der Waals surface area contributed by atoms with Crippen molar-refractivity contribution in [1.29, 1.82) is 0 Å². The highest BCUT2D eigenvalue weighted by molar-refractivity contribution is 7.09. The van der Waals surface area contributed by atoms with Gasteiger partial charge in [0.05, 0.1) is 37.4 Å². The van der Waals surface area contributed by atoms with Crippen LogP contribution in [0.5, 0.6) is 0 Å². The Labute approximate surface area is 184 Å². The van der Waals surface area contributed by atoms with E-state index in [0.717, 1.165) is 28.2 Å². The van der Waals surface area contributed by atoms with Gasteiger partial charge in [0.1, 0.15) is 0 Å². The highest BCUT2D eigenvalue weighted by atomic mass is 35.5. The molecule has 0 unspecified atom stereocenters. The summed E-state index contributed by atoms with van der Waals surface area (Å²) in [4.78, 5) is 10.3. The molecule has 0 atom stereocenters. The molecule has 0 aliphatic rings. The fraction of sp³-hybridized carbons (Fsp3) is 0.0952. The summed E-state index contributed by atoms with van der Waals surface area (Å²) in [5.74, 6) is 0. The molecule has 0 fully saturated rings. The standard InChI is InChI=1S/C21H16Cl2N3S.ClH/c1-13-14(2)27-12-26(13)21-17(19-8-6-15(22)10-24-19)4-3-5-18(21)20-9-7-16(23)11-25-20;/h3-12H,1-2H3;1H/q+1;/p-1. The molecule has 28 heavy (non-hydrogen) atoms. The minimum Gasteiger partial charge on any atom is -1.00 e. The maximum Gasteiger partial charge on any atom is 0.231 e. The van der Waals surface area contributed by atoms with Crippen molar-refractivity contribution in [2.24, 2.45) is 0 Å². The van der Waals surface area contributed by atoms with E-state index in [9.17, 15) is 0 Å². The average molecular weight is 449 g/mol. The topological polar surface area (TPSA) is 29.7 Å². The molecule has 0 amide bonds. The first-order chi connectivity index (χ1) is 13.0. The number of rotatable bonds is 3. The van der Waals surface area contributed by atoms with Gasteiger partial charge in [-0.3, -0.25) is 9.97 Å². The van der Waals surface area contributed by atoms with Crippen molar-refractivity contribution in [3.8, 4) is 28.2 Å². The Hall–Kier alpha value is -1.98. The molecular weight excluding hydrogens is 433 g/mol. The lowest BCUT2D eigenvalue weighted by atomic mass is 10.0. The third-order valence-electron chi connectivity index (χ3n) is 4.49. The van der Waals surface area contributed by atoms with Crippen molar-refractivity contribution < 1.29 is 17.0 Å². The predicted octanol–water partition coefficient (Wildman–Crippen LogP) is 3.08. The molecule has 0 aliphatic heterocycles. The molecule has 0 bridgehead atoms. The van der Waals surface area contributed by atoms with E-state index in [4.69, 9.17) is 23.2 Å². The number of para-hydroxylation sites is 1. The van der Waals surface area contributed by atoms with E-state index in [1.165, 1.54) is 10.6 Å². The fourth-order valence-electron chi connectivity index (χ4n) is 2.97. The number of aromatic nitrogens is 3. The predicted molar refractivity (Wildman–Crippen MR) is 112 cm³/mol. The first kappa shape index (κ1) is 20.7. The number of halogens is 3. The number of hydrogen-bond acceptors (Lipinski definition) is 3. The van der Waals surface area contributed by atoms with Gasteiger partial charge in [-0.15, -0.1) is 0 Å². The van der Waals surface area contributed by atoms with Gasteiger partial charge in [0.2, 0.25) is 11.2 Å². The zero-order valence-electron chi connectivity index (χ0n) is 15.2. The van der Waals surface area contributed by atoms with Gasteiger partial charge in [-0.05, 0) is 43.3 Å². The minimum absolute atomic E-state index is 0. The summed E-state index contributed by atoms with van der Waals surface area (Å²) in [7, 11) is 0. The first-order valence-corrected chi connectivity index (χ1v) is 10.0. The third kappa shape index (κ3) is 3.91. The Morgan fingerprint density at radius 2 is 1.36 bits per heavy atom. The maximum absolute atomic E-state index is 6.04. The molecular formula is C21H16Cl3N3S. The molecule has 142 valence electrons. The summed E-state index contributed by atoms with van der Waals surface area (Å²) in [6, 6.07) is 13.8. The van der Waals surface area contributed by atoms with Crippen molar-refractivity contribution >= 4 is 34.5 Å². The molecule has 0 N–H and O–H groups in total. The van der Waals surface area contributed by atoms with E-state index in [-0.39, 0.29) is 12.4 Å². The Balaban J connectivity index is 0.00000225. The van der Waals surface area contributed by atoms with Crippen LogP contribution in [0, 0.1) is 13.8 Å². The molecule has 1 aromatic carbocycles. The van der Waals surface area contributed by atoms with Crippen LogP contribution in [-0.2, 0) is 0 Å². The number of pyridine rings is 2. The molecule has 0 saturated carbocycles. The van der Waals surface area contributed by atoms with Gasteiger partial charge in [-0.1, -0.05) is 40.6 Å². The van der Waals surface area contributed by atoms with Crippen LogP contribution in [0.3, 0.4) is 0 Å². The largest absolute Gasteiger partial charge is 1.00 e. The Morgan fingerprint density at radius 1 is 0.821 bits per heavy atom. The minimum atomic E-state index is 0. The van der Waals surface area contributed by atoms with Crippen LogP contribution < -0.4 is 17.0 Å². The Kier molecular flexibility index (Phi) is 6.36. The van der Waals surface area contributed by atoms with Gasteiger partial charge in [0.15, 0.2) is 5.69 Å². The van der Waals surface area contributed by atoms with Crippen molar-refractivity contribution in [2.75, 3.05) is 0 Å². The van der Waals surface area contributed by atoms with Crippen LogP contribution in [0.15, 0.2) is 60.4 Å². The molecule has 3 nitrogen and oxygen atoms in total. The van der Waals surface area contributed by atoms with Crippen molar-refractivity contribution in [2.45, 2.75) is 13.8 Å². The summed E-state index contributed by atoms with van der Waals surface area (Å²) in [5.41, 5.74) is 8.12. The van der Waals surface area contributed by atoms with E-state index in [2.05, 4.69) is 46.0 Å². The zero-order valence-corrected chi connectivity index (χ0v) is 18.2. The monoisotopic (exact) mass is 447 g/mol. The summed E-state index contributed by atoms with van der Waals surface area (Å²) < 4.78 is 2.21. The molecule has 7 heteroatoms. The van der Waals surface area contributed by atoms with E-state index >= 15 is 0 Å². The molecule has 3 heterocycles. The molecule has 0 spiro atoms. The van der Waals surface area contributed by atoms with E-state index in [1.807, 2.05) is 30.3 Å². The highest BCUT2D eigenvalue weighted by Gasteiger charge is 2.25. The first-order valence-electron chi connectivity index (χ1n) is 8.38. The number of aryl methyl sites for hydroxylation is 1. The number of thiazole rings is 1.